The van der Waals surface area contributed by atoms with Gasteiger partial charge in [0.05, 0.1) is 5.56 Å². The van der Waals surface area contributed by atoms with Crippen LogP contribution in [-0.2, 0) is 5.79 Å². The van der Waals surface area contributed by atoms with Crippen LogP contribution in [0.4, 0.5) is 8.78 Å². The van der Waals surface area contributed by atoms with E-state index >= 15 is 0 Å². The molecule has 1 atom stereocenters. The molecular weight excluding hydrogens is 348 g/mol. The van der Waals surface area contributed by atoms with Crippen molar-refractivity contribution in [1.29, 1.82) is 0 Å². The standard InChI is InChI=1S/C19H16ClF2NO2/c1-19(15-3-2-12(20)8-16(15)22)24-17-10-13(21)9-14(18(17)25-19)11-4-6-23-7-5-11/h2-4,8-10,23H,5-7H2,1H3. The first-order valence-corrected chi connectivity index (χ1v) is 8.41. The molecule has 2 aliphatic heterocycles. The summed E-state index contributed by atoms with van der Waals surface area (Å²) in [6, 6.07) is 6.98. The number of hydrogen-bond acceptors (Lipinski definition) is 3. The second-order valence-corrected chi connectivity index (χ2v) is 6.67. The van der Waals surface area contributed by atoms with E-state index in [-0.39, 0.29) is 16.3 Å². The van der Waals surface area contributed by atoms with Crippen LogP contribution >= 0.6 is 11.6 Å². The average molecular weight is 364 g/mol. The number of hydrogen-bond donors (Lipinski definition) is 1. The van der Waals surface area contributed by atoms with Crippen LogP contribution in [-0.4, -0.2) is 13.1 Å². The maximum atomic E-state index is 14.4. The van der Waals surface area contributed by atoms with E-state index in [1.54, 1.807) is 13.0 Å². The van der Waals surface area contributed by atoms with Gasteiger partial charge in [-0.25, -0.2) is 8.78 Å². The van der Waals surface area contributed by atoms with E-state index in [0.29, 0.717) is 17.9 Å². The first-order chi connectivity index (χ1) is 12.0. The summed E-state index contributed by atoms with van der Waals surface area (Å²) >= 11 is 5.82. The molecule has 0 radical (unpaired) electrons. The number of nitrogens with one attached hydrogen (secondary N) is 1. The van der Waals surface area contributed by atoms with E-state index in [2.05, 4.69) is 5.32 Å². The normalized spacial score (nSPS) is 22.0. The average Bonchev–Trinajstić information content (AvgIpc) is 2.91. The van der Waals surface area contributed by atoms with Gasteiger partial charge >= 0.3 is 0 Å². The van der Waals surface area contributed by atoms with E-state index in [9.17, 15) is 8.78 Å². The molecule has 25 heavy (non-hydrogen) atoms. The zero-order valence-corrected chi connectivity index (χ0v) is 14.3. The Morgan fingerprint density at radius 3 is 2.72 bits per heavy atom. The van der Waals surface area contributed by atoms with E-state index in [4.69, 9.17) is 21.1 Å². The fourth-order valence-corrected chi connectivity index (χ4v) is 3.41. The van der Waals surface area contributed by atoms with E-state index in [1.807, 2.05) is 6.08 Å². The molecule has 130 valence electrons. The summed E-state index contributed by atoms with van der Waals surface area (Å²) < 4.78 is 40.3. The molecule has 0 aromatic heterocycles. The third-order valence-corrected chi connectivity index (χ3v) is 4.69. The van der Waals surface area contributed by atoms with Gasteiger partial charge in [0.15, 0.2) is 11.5 Å². The molecule has 2 aliphatic rings. The highest BCUT2D eigenvalue weighted by atomic mass is 35.5. The number of rotatable bonds is 2. The topological polar surface area (TPSA) is 30.5 Å². The van der Waals surface area contributed by atoms with Crippen molar-refractivity contribution >= 4 is 17.2 Å². The van der Waals surface area contributed by atoms with Crippen molar-refractivity contribution in [2.24, 2.45) is 0 Å². The largest absolute Gasteiger partial charge is 0.444 e. The molecule has 0 spiro atoms. The summed E-state index contributed by atoms with van der Waals surface area (Å²) in [7, 11) is 0. The number of benzene rings is 2. The van der Waals surface area contributed by atoms with Crippen molar-refractivity contribution in [1.82, 2.24) is 5.32 Å². The van der Waals surface area contributed by atoms with Crippen LogP contribution in [0.1, 0.15) is 24.5 Å². The Labute approximate surface area is 149 Å². The van der Waals surface area contributed by atoms with E-state index in [0.717, 1.165) is 18.5 Å². The van der Waals surface area contributed by atoms with Gasteiger partial charge in [-0.1, -0.05) is 17.7 Å². The van der Waals surface area contributed by atoms with E-state index in [1.165, 1.54) is 24.3 Å². The van der Waals surface area contributed by atoms with Crippen LogP contribution in [0.15, 0.2) is 36.4 Å². The summed E-state index contributed by atoms with van der Waals surface area (Å²) in [5.74, 6) is -1.63. The van der Waals surface area contributed by atoms with E-state index < -0.39 is 17.4 Å². The Bertz CT molecular complexity index is 884. The third-order valence-electron chi connectivity index (χ3n) is 4.45. The molecule has 6 heteroatoms. The van der Waals surface area contributed by atoms with Crippen LogP contribution in [0.5, 0.6) is 11.5 Å². The van der Waals surface area contributed by atoms with Crippen molar-refractivity contribution in [3.63, 3.8) is 0 Å². The smallest absolute Gasteiger partial charge is 0.278 e. The van der Waals surface area contributed by atoms with Crippen LogP contribution in [0.3, 0.4) is 0 Å². The Kier molecular flexibility index (Phi) is 3.93. The van der Waals surface area contributed by atoms with Gasteiger partial charge in [0.2, 0.25) is 0 Å². The number of halogens is 3. The van der Waals surface area contributed by atoms with Gasteiger partial charge in [-0.05, 0) is 42.8 Å². The van der Waals surface area contributed by atoms with Crippen LogP contribution in [0, 0.1) is 11.6 Å². The molecule has 4 rings (SSSR count). The first kappa shape index (κ1) is 16.4. The second kappa shape index (κ2) is 6.00. The van der Waals surface area contributed by atoms with Crippen LogP contribution in [0.25, 0.3) is 5.57 Å². The highest BCUT2D eigenvalue weighted by molar-refractivity contribution is 6.30. The molecule has 2 aromatic rings. The Morgan fingerprint density at radius 2 is 2.00 bits per heavy atom. The van der Waals surface area contributed by atoms with Gasteiger partial charge in [-0.2, -0.15) is 0 Å². The fourth-order valence-electron chi connectivity index (χ4n) is 3.25. The summed E-state index contributed by atoms with van der Waals surface area (Å²) in [4.78, 5) is 0. The Balaban J connectivity index is 1.78. The summed E-state index contributed by atoms with van der Waals surface area (Å²) in [6.07, 6.45) is 2.76. The maximum Gasteiger partial charge on any atom is 0.278 e. The lowest BCUT2D eigenvalue weighted by Crippen LogP contribution is -2.32. The van der Waals surface area contributed by atoms with Gasteiger partial charge in [-0.15, -0.1) is 0 Å². The monoisotopic (exact) mass is 363 g/mol. The van der Waals surface area contributed by atoms with Crippen molar-refractivity contribution in [2.45, 2.75) is 19.1 Å². The lowest BCUT2D eigenvalue weighted by molar-refractivity contribution is -0.0708. The van der Waals surface area contributed by atoms with Crippen molar-refractivity contribution in [3.05, 3.63) is 64.2 Å². The van der Waals surface area contributed by atoms with Gasteiger partial charge in [0.25, 0.3) is 5.79 Å². The Hall–Kier alpha value is -2.11. The molecule has 0 saturated carbocycles. The molecule has 0 aliphatic carbocycles. The minimum atomic E-state index is -1.38. The summed E-state index contributed by atoms with van der Waals surface area (Å²) in [5.41, 5.74) is 1.84. The quantitative estimate of drug-likeness (QED) is 0.843. The molecule has 1 unspecified atom stereocenters. The molecule has 2 heterocycles. The zero-order chi connectivity index (χ0) is 17.6. The van der Waals surface area contributed by atoms with Crippen molar-refractivity contribution in [2.75, 3.05) is 13.1 Å². The lowest BCUT2D eigenvalue weighted by Gasteiger charge is -2.24. The minimum Gasteiger partial charge on any atom is -0.444 e. The maximum absolute atomic E-state index is 14.4. The molecule has 0 amide bonds. The van der Waals surface area contributed by atoms with Gasteiger partial charge in [0.1, 0.15) is 11.6 Å². The molecule has 3 nitrogen and oxygen atoms in total. The van der Waals surface area contributed by atoms with Gasteiger partial charge < -0.3 is 14.8 Å². The molecule has 2 aromatic carbocycles. The Morgan fingerprint density at radius 1 is 1.16 bits per heavy atom. The lowest BCUT2D eigenvalue weighted by atomic mass is 9.99. The third kappa shape index (κ3) is 2.87. The van der Waals surface area contributed by atoms with Crippen LogP contribution < -0.4 is 14.8 Å². The highest BCUT2D eigenvalue weighted by Crippen LogP contribution is 2.49. The molecule has 1 N–H and O–H groups in total. The molecule has 0 fully saturated rings. The summed E-state index contributed by atoms with van der Waals surface area (Å²) in [6.45, 7) is 3.13. The van der Waals surface area contributed by atoms with Gasteiger partial charge in [0, 0.05) is 30.1 Å². The molecule has 0 saturated heterocycles. The fraction of sp³-hybridized carbons (Fsp3) is 0.263. The second-order valence-electron chi connectivity index (χ2n) is 6.24. The SMILES string of the molecule is CC1(c2ccc(Cl)cc2F)Oc2cc(F)cc(C3=CCNCC3)c2O1. The van der Waals surface area contributed by atoms with Crippen molar-refractivity contribution in [3.8, 4) is 11.5 Å². The van der Waals surface area contributed by atoms with Gasteiger partial charge in [-0.3, -0.25) is 0 Å². The van der Waals surface area contributed by atoms with Crippen LogP contribution in [0.2, 0.25) is 5.02 Å². The summed E-state index contributed by atoms with van der Waals surface area (Å²) in [5, 5.41) is 3.50. The minimum absolute atomic E-state index is 0.207. The first-order valence-electron chi connectivity index (χ1n) is 8.03. The molecule has 0 bridgehead atoms. The highest BCUT2D eigenvalue weighted by Gasteiger charge is 2.42. The van der Waals surface area contributed by atoms with Crippen molar-refractivity contribution < 1.29 is 18.3 Å². The number of ether oxygens (including phenoxy) is 2. The zero-order valence-electron chi connectivity index (χ0n) is 13.5. The predicted molar refractivity (Wildman–Crippen MR) is 91.9 cm³/mol. The number of fused-ring (bicyclic) bond motifs is 1. The molecular formula is C19H16ClF2NO2. The predicted octanol–water partition coefficient (Wildman–Crippen LogP) is 4.64.